The van der Waals surface area contributed by atoms with Gasteiger partial charge in [-0.05, 0) is 30.0 Å². The van der Waals surface area contributed by atoms with Gasteiger partial charge in [0.2, 0.25) is 12.2 Å². The molecule has 1 aliphatic heterocycles. The zero-order valence-electron chi connectivity index (χ0n) is 15.7. The van der Waals surface area contributed by atoms with Gasteiger partial charge in [-0.3, -0.25) is 5.10 Å². The van der Waals surface area contributed by atoms with Gasteiger partial charge in [-0.25, -0.2) is 0 Å². The molecule has 8 heteroatoms. The molecule has 4 rings (SSSR count). The van der Waals surface area contributed by atoms with Gasteiger partial charge in [-0.1, -0.05) is 42.5 Å². The summed E-state index contributed by atoms with van der Waals surface area (Å²) in [5.41, 5.74) is 3.00. The smallest absolute Gasteiger partial charge is 0.243 e. The average Bonchev–Trinajstić information content (AvgIpc) is 3.17. The van der Waals surface area contributed by atoms with Gasteiger partial charge in [-0.2, -0.15) is 0 Å². The van der Waals surface area contributed by atoms with E-state index >= 15 is 0 Å². The van der Waals surface area contributed by atoms with Crippen LogP contribution in [0.2, 0.25) is 0 Å². The molecule has 1 unspecified atom stereocenters. The molecule has 0 radical (unpaired) electrons. The second-order valence-electron chi connectivity index (χ2n) is 7.17. The lowest BCUT2D eigenvalue weighted by Crippen LogP contribution is -2.60. The predicted octanol–water partition coefficient (Wildman–Crippen LogP) is 0.527. The second kappa shape index (κ2) is 8.48. The van der Waals surface area contributed by atoms with E-state index in [1.54, 1.807) is 0 Å². The number of nitrogens with zero attached hydrogens (tertiary/aromatic N) is 1. The van der Waals surface area contributed by atoms with E-state index < -0.39 is 37.3 Å². The summed E-state index contributed by atoms with van der Waals surface area (Å²) in [6, 6.07) is 15.9. The normalized spacial score (nSPS) is 27.2. The first kappa shape index (κ1) is 19.8. The molecule has 0 bridgehead atoms. The molecular formula is C21H24N2O6. The van der Waals surface area contributed by atoms with Crippen molar-refractivity contribution >= 4 is 10.9 Å². The number of H-pyrrole nitrogens is 1. The minimum absolute atomic E-state index is 0.230. The number of aromatic nitrogens is 2. The maximum absolute atomic E-state index is 10.2. The SMILES string of the molecule is OC[C@H]1OC(Oc2n[nH]c3cccc(CCc4ccccc4)c23)[C@H](O)[C@@H](O)[C@@H]1O. The van der Waals surface area contributed by atoms with Crippen molar-refractivity contribution in [2.24, 2.45) is 0 Å². The zero-order chi connectivity index (χ0) is 20.4. The average molecular weight is 400 g/mol. The molecule has 154 valence electrons. The molecule has 1 saturated heterocycles. The molecule has 1 fully saturated rings. The molecule has 0 amide bonds. The standard InChI is InChI=1S/C21H24N2O6/c24-11-15-17(25)18(26)19(27)21(28-15)29-20-16-13(7-4-8-14(16)22-23-20)10-9-12-5-2-1-3-6-12/h1-8,15,17-19,21,24-27H,9-11H2,(H,22,23)/t15-,17-,18+,19-,21?/m1/s1. The Morgan fingerprint density at radius 2 is 1.72 bits per heavy atom. The minimum Gasteiger partial charge on any atom is -0.443 e. The molecule has 2 heterocycles. The van der Waals surface area contributed by atoms with Crippen molar-refractivity contribution in [2.75, 3.05) is 6.61 Å². The number of aryl methyl sites for hydroxylation is 2. The predicted molar refractivity (Wildman–Crippen MR) is 104 cm³/mol. The van der Waals surface area contributed by atoms with E-state index in [4.69, 9.17) is 9.47 Å². The summed E-state index contributed by atoms with van der Waals surface area (Å²) in [6.45, 7) is -0.519. The lowest BCUT2D eigenvalue weighted by Gasteiger charge is -2.39. The van der Waals surface area contributed by atoms with E-state index in [0.29, 0.717) is 0 Å². The van der Waals surface area contributed by atoms with E-state index in [2.05, 4.69) is 22.3 Å². The summed E-state index contributed by atoms with van der Waals surface area (Å²) in [6.07, 6.45) is -5.16. The van der Waals surface area contributed by atoms with Crippen LogP contribution in [0.25, 0.3) is 10.9 Å². The first-order valence-corrected chi connectivity index (χ1v) is 9.55. The quantitative estimate of drug-likeness (QED) is 0.408. The van der Waals surface area contributed by atoms with Crippen molar-refractivity contribution in [3.63, 3.8) is 0 Å². The van der Waals surface area contributed by atoms with Gasteiger partial charge >= 0.3 is 0 Å². The third-order valence-corrected chi connectivity index (χ3v) is 5.24. The topological polar surface area (TPSA) is 128 Å². The first-order valence-electron chi connectivity index (χ1n) is 9.55. The van der Waals surface area contributed by atoms with Gasteiger partial charge in [0.15, 0.2) is 0 Å². The van der Waals surface area contributed by atoms with Crippen LogP contribution in [-0.4, -0.2) is 67.9 Å². The van der Waals surface area contributed by atoms with Crippen LogP contribution in [-0.2, 0) is 17.6 Å². The minimum atomic E-state index is -1.51. The van der Waals surface area contributed by atoms with Crippen LogP contribution in [0, 0.1) is 0 Å². The number of ether oxygens (including phenoxy) is 2. The fourth-order valence-corrected chi connectivity index (χ4v) is 3.60. The van der Waals surface area contributed by atoms with Gasteiger partial charge < -0.3 is 29.9 Å². The number of hydrogen-bond donors (Lipinski definition) is 5. The third-order valence-electron chi connectivity index (χ3n) is 5.24. The number of aliphatic hydroxyl groups excluding tert-OH is 4. The molecule has 29 heavy (non-hydrogen) atoms. The molecule has 5 N–H and O–H groups in total. The van der Waals surface area contributed by atoms with Gasteiger partial charge in [0, 0.05) is 0 Å². The number of fused-ring (bicyclic) bond motifs is 1. The van der Waals surface area contributed by atoms with Crippen molar-refractivity contribution in [3.8, 4) is 5.88 Å². The lowest BCUT2D eigenvalue weighted by molar-refractivity contribution is -0.277. The van der Waals surface area contributed by atoms with E-state index in [-0.39, 0.29) is 5.88 Å². The van der Waals surface area contributed by atoms with E-state index in [1.807, 2.05) is 36.4 Å². The van der Waals surface area contributed by atoms with E-state index in [1.165, 1.54) is 5.56 Å². The Bertz CT molecular complexity index is 945. The summed E-state index contributed by atoms with van der Waals surface area (Å²) in [5.74, 6) is 0.230. The summed E-state index contributed by atoms with van der Waals surface area (Å²) < 4.78 is 11.2. The maximum atomic E-state index is 10.2. The molecular weight excluding hydrogens is 376 g/mol. The van der Waals surface area contributed by atoms with Crippen molar-refractivity contribution in [1.29, 1.82) is 0 Å². The number of benzene rings is 2. The molecule has 0 aliphatic carbocycles. The van der Waals surface area contributed by atoms with E-state index in [9.17, 15) is 20.4 Å². The second-order valence-corrected chi connectivity index (χ2v) is 7.17. The Balaban J connectivity index is 1.58. The van der Waals surface area contributed by atoms with Crippen LogP contribution < -0.4 is 4.74 Å². The van der Waals surface area contributed by atoms with Crippen LogP contribution >= 0.6 is 0 Å². The highest BCUT2D eigenvalue weighted by Crippen LogP contribution is 2.31. The van der Waals surface area contributed by atoms with E-state index in [0.717, 1.165) is 29.3 Å². The highest BCUT2D eigenvalue weighted by Gasteiger charge is 2.45. The largest absolute Gasteiger partial charge is 0.443 e. The molecule has 2 aromatic carbocycles. The van der Waals surface area contributed by atoms with Gasteiger partial charge in [-0.15, -0.1) is 5.10 Å². The number of aromatic amines is 1. The lowest BCUT2D eigenvalue weighted by atomic mass is 9.99. The Hall–Kier alpha value is -2.49. The van der Waals surface area contributed by atoms with Crippen molar-refractivity contribution in [2.45, 2.75) is 43.5 Å². The monoisotopic (exact) mass is 400 g/mol. The molecule has 8 nitrogen and oxygen atoms in total. The number of nitrogens with one attached hydrogen (secondary N) is 1. The maximum Gasteiger partial charge on any atom is 0.243 e. The van der Waals surface area contributed by atoms with Crippen LogP contribution in [0.3, 0.4) is 0 Å². The van der Waals surface area contributed by atoms with Crippen LogP contribution in [0.5, 0.6) is 5.88 Å². The van der Waals surface area contributed by atoms with Crippen LogP contribution in [0.1, 0.15) is 11.1 Å². The number of hydrogen-bond acceptors (Lipinski definition) is 7. The summed E-state index contributed by atoms with van der Waals surface area (Å²) in [4.78, 5) is 0. The highest BCUT2D eigenvalue weighted by molar-refractivity contribution is 5.87. The highest BCUT2D eigenvalue weighted by atomic mass is 16.7. The molecule has 3 aromatic rings. The molecule has 0 spiro atoms. The molecule has 5 atom stereocenters. The Labute approximate surface area is 167 Å². The molecule has 0 saturated carbocycles. The Morgan fingerprint density at radius 1 is 0.931 bits per heavy atom. The number of rotatable bonds is 6. The van der Waals surface area contributed by atoms with Crippen molar-refractivity contribution in [3.05, 3.63) is 59.7 Å². The molecule has 1 aromatic heterocycles. The van der Waals surface area contributed by atoms with Gasteiger partial charge in [0.05, 0.1) is 17.5 Å². The van der Waals surface area contributed by atoms with Crippen LogP contribution in [0.4, 0.5) is 0 Å². The summed E-state index contributed by atoms with van der Waals surface area (Å²) in [7, 11) is 0. The number of aliphatic hydroxyl groups is 4. The Morgan fingerprint density at radius 3 is 2.48 bits per heavy atom. The van der Waals surface area contributed by atoms with Gasteiger partial charge in [0.1, 0.15) is 24.4 Å². The zero-order valence-corrected chi connectivity index (χ0v) is 15.7. The van der Waals surface area contributed by atoms with Crippen molar-refractivity contribution in [1.82, 2.24) is 10.2 Å². The third kappa shape index (κ3) is 3.98. The summed E-state index contributed by atoms with van der Waals surface area (Å²) in [5, 5.41) is 47.3. The van der Waals surface area contributed by atoms with Crippen molar-refractivity contribution < 1.29 is 29.9 Å². The fraction of sp³-hybridized carbons (Fsp3) is 0.381. The fourth-order valence-electron chi connectivity index (χ4n) is 3.60. The molecule has 1 aliphatic rings. The Kier molecular flexibility index (Phi) is 5.79. The summed E-state index contributed by atoms with van der Waals surface area (Å²) >= 11 is 0. The first-order chi connectivity index (χ1) is 14.1. The van der Waals surface area contributed by atoms with Gasteiger partial charge in [0.25, 0.3) is 0 Å². The van der Waals surface area contributed by atoms with Crippen LogP contribution in [0.15, 0.2) is 48.5 Å².